The maximum atomic E-state index is 13.9. The monoisotopic (exact) mass is 532 g/mol. The minimum absolute atomic E-state index is 0.0779. The highest BCUT2D eigenvalue weighted by atomic mass is 16.6. The second-order valence-electron chi connectivity index (χ2n) is 11.4. The van der Waals surface area contributed by atoms with Gasteiger partial charge in [-0.1, -0.05) is 40.5 Å². The summed E-state index contributed by atoms with van der Waals surface area (Å²) in [6.45, 7) is 11.1. The minimum atomic E-state index is -0.920. The van der Waals surface area contributed by atoms with Crippen molar-refractivity contribution in [1.82, 2.24) is 15.7 Å². The number of carboxylic acid groups (broad SMARTS) is 1. The maximum absolute atomic E-state index is 13.9. The molecular formula is C28H44N4O6. The molecule has 1 aliphatic carbocycles. The normalized spacial score (nSPS) is 16.4. The maximum Gasteiger partial charge on any atom is 0.305 e. The molecule has 1 unspecified atom stereocenters. The molecule has 1 aromatic carbocycles. The van der Waals surface area contributed by atoms with E-state index in [-0.39, 0.29) is 36.8 Å². The number of nitrogens with zero attached hydrogens (tertiary/aromatic N) is 1. The predicted molar refractivity (Wildman–Crippen MR) is 146 cm³/mol. The molecule has 3 amide bonds. The lowest BCUT2D eigenvalue weighted by Gasteiger charge is -2.42. The lowest BCUT2D eigenvalue weighted by atomic mass is 9.84. The number of carbonyl (C=O) groups excluding carboxylic acids is 3. The van der Waals surface area contributed by atoms with E-state index >= 15 is 0 Å². The van der Waals surface area contributed by atoms with Crippen molar-refractivity contribution in [3.05, 3.63) is 29.3 Å². The highest BCUT2D eigenvalue weighted by Gasteiger charge is 2.45. The number of aryl methyl sites for hydroxylation is 1. The Balaban J connectivity index is 2.21. The predicted octanol–water partition coefficient (Wildman–Crippen LogP) is 3.51. The van der Waals surface area contributed by atoms with E-state index < -0.39 is 23.0 Å². The van der Waals surface area contributed by atoms with Crippen molar-refractivity contribution >= 4 is 29.4 Å². The number of benzene rings is 1. The van der Waals surface area contributed by atoms with Gasteiger partial charge in [-0.3, -0.25) is 24.0 Å². The van der Waals surface area contributed by atoms with Crippen LogP contribution >= 0.6 is 0 Å². The average Bonchev–Trinajstić information content (AvgIpc) is 3.30. The van der Waals surface area contributed by atoms with E-state index in [4.69, 9.17) is 9.94 Å². The fourth-order valence-corrected chi connectivity index (χ4v) is 4.86. The number of carboxylic acids is 1. The van der Waals surface area contributed by atoms with Crippen LogP contribution in [0.3, 0.4) is 0 Å². The van der Waals surface area contributed by atoms with E-state index in [1.165, 1.54) is 6.92 Å². The average molecular weight is 533 g/mol. The van der Waals surface area contributed by atoms with Crippen LogP contribution in [0.4, 0.5) is 5.69 Å². The molecule has 212 valence electrons. The van der Waals surface area contributed by atoms with Crippen molar-refractivity contribution in [2.24, 2.45) is 5.41 Å². The molecule has 0 heterocycles. The molecule has 38 heavy (non-hydrogen) atoms. The van der Waals surface area contributed by atoms with Gasteiger partial charge < -0.3 is 20.6 Å². The summed E-state index contributed by atoms with van der Waals surface area (Å²) >= 11 is 0. The van der Waals surface area contributed by atoms with Crippen LogP contribution in [0.25, 0.3) is 0 Å². The van der Waals surface area contributed by atoms with Crippen molar-refractivity contribution in [1.29, 1.82) is 0 Å². The summed E-state index contributed by atoms with van der Waals surface area (Å²) in [6, 6.07) is 3.92. The highest BCUT2D eigenvalue weighted by molar-refractivity contribution is 5.99. The van der Waals surface area contributed by atoms with Crippen molar-refractivity contribution in [3.63, 3.8) is 0 Å². The molecule has 1 aromatic rings. The molecule has 10 heteroatoms. The second-order valence-corrected chi connectivity index (χ2v) is 11.4. The zero-order valence-electron chi connectivity index (χ0n) is 23.8. The minimum Gasteiger partial charge on any atom is -0.481 e. The Morgan fingerprint density at radius 3 is 2.32 bits per heavy atom. The van der Waals surface area contributed by atoms with E-state index in [1.807, 2.05) is 27.7 Å². The molecule has 4 N–H and O–H groups in total. The van der Waals surface area contributed by atoms with E-state index in [9.17, 15) is 19.2 Å². The van der Waals surface area contributed by atoms with Gasteiger partial charge in [0.15, 0.2) is 0 Å². The van der Waals surface area contributed by atoms with Crippen LogP contribution in [0.1, 0.15) is 89.6 Å². The number of carbonyl (C=O) groups is 4. The molecule has 0 saturated heterocycles. The fraction of sp³-hybridized carbons (Fsp3) is 0.643. The first-order valence-corrected chi connectivity index (χ1v) is 13.3. The first-order valence-electron chi connectivity index (χ1n) is 13.3. The Labute approximate surface area is 225 Å². The Kier molecular flexibility index (Phi) is 10.8. The first kappa shape index (κ1) is 31.2. The molecule has 1 fully saturated rings. The number of hydrogen-bond donors (Lipinski definition) is 4. The van der Waals surface area contributed by atoms with Gasteiger partial charge in [-0.15, -0.1) is 0 Å². The van der Waals surface area contributed by atoms with Gasteiger partial charge >= 0.3 is 5.97 Å². The summed E-state index contributed by atoms with van der Waals surface area (Å²) in [7, 11) is 1.75. The molecule has 0 aliphatic heterocycles. The standard InChI is InChI=1S/C28H44N4O6/c1-8-20-16-21(11-12-22(20)29-19(3)33)25(36)30-24(27(4,5)6)26(37)32(7)28(13-9-10-14-28)17-38-31-18(2)15-23(34)35/h11-12,16,18,24,31H,8-10,13-15,17H2,1-7H3,(H,29,33)(H,30,36)(H,34,35)/t18-,24?/m1/s1. The number of amides is 3. The van der Waals surface area contributed by atoms with Gasteiger partial charge in [-0.25, -0.2) is 0 Å². The molecule has 0 radical (unpaired) electrons. The summed E-state index contributed by atoms with van der Waals surface area (Å²) in [6.07, 6.45) is 3.94. The quantitative estimate of drug-likeness (QED) is 0.302. The van der Waals surface area contributed by atoms with Gasteiger partial charge in [0, 0.05) is 31.3 Å². The van der Waals surface area contributed by atoms with Gasteiger partial charge in [0.1, 0.15) is 6.04 Å². The molecule has 2 atom stereocenters. The number of nitrogens with one attached hydrogen (secondary N) is 3. The summed E-state index contributed by atoms with van der Waals surface area (Å²) < 4.78 is 0. The zero-order chi connectivity index (χ0) is 28.7. The zero-order valence-corrected chi connectivity index (χ0v) is 23.8. The lowest BCUT2D eigenvalue weighted by Crippen LogP contribution is -2.60. The fourth-order valence-electron chi connectivity index (χ4n) is 4.86. The molecule has 1 aliphatic rings. The van der Waals surface area contributed by atoms with Gasteiger partial charge in [0.05, 0.1) is 18.6 Å². The molecular weight excluding hydrogens is 488 g/mol. The topological polar surface area (TPSA) is 137 Å². The third-order valence-corrected chi connectivity index (χ3v) is 7.13. The SMILES string of the molecule is CCc1cc(C(=O)NC(C(=O)N(C)C2(CON[C@H](C)CC(=O)O)CCCC2)C(C)(C)C)ccc1NC(C)=O. The van der Waals surface area contributed by atoms with Crippen LogP contribution in [0, 0.1) is 5.41 Å². The molecule has 0 aromatic heterocycles. The molecule has 10 nitrogen and oxygen atoms in total. The van der Waals surface area contributed by atoms with Crippen LogP contribution in [0.15, 0.2) is 18.2 Å². The van der Waals surface area contributed by atoms with E-state index in [0.29, 0.717) is 17.7 Å². The first-order chi connectivity index (χ1) is 17.7. The van der Waals surface area contributed by atoms with Gasteiger partial charge in [-0.2, -0.15) is 5.48 Å². The Morgan fingerprint density at radius 1 is 1.16 bits per heavy atom. The number of hydrogen-bond acceptors (Lipinski definition) is 6. The molecule has 1 saturated carbocycles. The van der Waals surface area contributed by atoms with Crippen molar-refractivity contribution < 1.29 is 29.1 Å². The van der Waals surface area contributed by atoms with Crippen LogP contribution in [0.2, 0.25) is 0 Å². The number of rotatable bonds is 12. The van der Waals surface area contributed by atoms with Gasteiger partial charge in [0.2, 0.25) is 11.8 Å². The molecule has 2 rings (SSSR count). The van der Waals surface area contributed by atoms with E-state index in [0.717, 1.165) is 31.2 Å². The van der Waals surface area contributed by atoms with Gasteiger partial charge in [0.25, 0.3) is 5.91 Å². The summed E-state index contributed by atoms with van der Waals surface area (Å²) in [5.41, 5.74) is 3.56. The van der Waals surface area contributed by atoms with Crippen molar-refractivity contribution in [3.8, 4) is 0 Å². The molecule has 0 spiro atoms. The number of aliphatic carboxylic acids is 1. The Hall–Kier alpha value is -2.98. The third-order valence-electron chi connectivity index (χ3n) is 7.13. The van der Waals surface area contributed by atoms with E-state index in [1.54, 1.807) is 37.1 Å². The summed E-state index contributed by atoms with van der Waals surface area (Å²) in [5.74, 6) is -1.68. The number of anilines is 1. The lowest BCUT2D eigenvalue weighted by molar-refractivity contribution is -0.145. The molecule has 0 bridgehead atoms. The summed E-state index contributed by atoms with van der Waals surface area (Å²) in [4.78, 5) is 57.1. The smallest absolute Gasteiger partial charge is 0.305 e. The van der Waals surface area contributed by atoms with Crippen LogP contribution in [0.5, 0.6) is 0 Å². The second kappa shape index (κ2) is 13.2. The highest BCUT2D eigenvalue weighted by Crippen LogP contribution is 2.36. The third kappa shape index (κ3) is 8.26. The Morgan fingerprint density at radius 2 is 1.79 bits per heavy atom. The largest absolute Gasteiger partial charge is 0.481 e. The van der Waals surface area contributed by atoms with E-state index in [2.05, 4.69) is 16.1 Å². The van der Waals surface area contributed by atoms with Crippen LogP contribution < -0.4 is 16.1 Å². The van der Waals surface area contributed by atoms with Crippen molar-refractivity contribution in [2.75, 3.05) is 19.0 Å². The van der Waals surface area contributed by atoms with Gasteiger partial charge in [-0.05, 0) is 55.4 Å². The Bertz CT molecular complexity index is 1010. The number of likely N-dealkylation sites (N-methyl/N-ethyl adjacent to an activating group) is 1. The van der Waals surface area contributed by atoms with Crippen LogP contribution in [-0.4, -0.2) is 65.0 Å². The summed E-state index contributed by atoms with van der Waals surface area (Å²) in [5, 5.41) is 14.7. The van der Waals surface area contributed by atoms with Crippen LogP contribution in [-0.2, 0) is 25.6 Å². The van der Waals surface area contributed by atoms with Crippen molar-refractivity contribution in [2.45, 2.75) is 97.7 Å². The number of hydroxylamine groups is 1.